The molecule has 0 aliphatic carbocycles. The number of alkyl halides is 3. The van der Waals surface area contributed by atoms with Gasteiger partial charge in [-0.1, -0.05) is 19.9 Å². The maximum atomic E-state index is 12.8. The van der Waals surface area contributed by atoms with E-state index in [1.807, 2.05) is 13.8 Å². The van der Waals surface area contributed by atoms with E-state index in [-0.39, 0.29) is 0 Å². The molecule has 3 nitrogen and oxygen atoms in total. The number of hydrogen-bond acceptors (Lipinski definition) is 2. The topological polar surface area (TPSA) is 29.9 Å². The van der Waals surface area contributed by atoms with E-state index < -0.39 is 11.7 Å². The number of rotatable bonds is 4. The number of hydrogen-bond donors (Lipinski definition) is 1. The van der Waals surface area contributed by atoms with Gasteiger partial charge in [0, 0.05) is 18.8 Å². The fourth-order valence-corrected chi connectivity index (χ4v) is 1.93. The predicted molar refractivity (Wildman–Crippen MR) is 75.3 cm³/mol. The van der Waals surface area contributed by atoms with Crippen LogP contribution in [0.5, 0.6) is 0 Å². The largest absolute Gasteiger partial charge is 0.416 e. The lowest BCUT2D eigenvalue weighted by atomic mass is 10.1. The van der Waals surface area contributed by atoms with Crippen LogP contribution in [0.3, 0.4) is 0 Å². The first kappa shape index (κ1) is 15.6. The Labute approximate surface area is 121 Å². The average molecular weight is 297 g/mol. The van der Waals surface area contributed by atoms with Crippen molar-refractivity contribution in [2.45, 2.75) is 39.5 Å². The zero-order chi connectivity index (χ0) is 15.6. The summed E-state index contributed by atoms with van der Waals surface area (Å²) in [5.74, 6) is 0. The van der Waals surface area contributed by atoms with Crippen LogP contribution in [0.15, 0.2) is 30.5 Å². The fraction of sp³-hybridized carbons (Fsp3) is 0.400. The van der Waals surface area contributed by atoms with Gasteiger partial charge in [0.05, 0.1) is 16.9 Å². The molecular weight excluding hydrogens is 279 g/mol. The maximum Gasteiger partial charge on any atom is 0.416 e. The zero-order valence-corrected chi connectivity index (χ0v) is 12.2. The van der Waals surface area contributed by atoms with Crippen molar-refractivity contribution in [1.82, 2.24) is 15.1 Å². The molecule has 0 saturated heterocycles. The van der Waals surface area contributed by atoms with E-state index in [9.17, 15) is 13.2 Å². The van der Waals surface area contributed by atoms with Crippen molar-refractivity contribution < 1.29 is 13.2 Å². The van der Waals surface area contributed by atoms with Gasteiger partial charge in [-0.3, -0.25) is 0 Å². The summed E-state index contributed by atoms with van der Waals surface area (Å²) in [4.78, 5) is 0. The van der Waals surface area contributed by atoms with Crippen molar-refractivity contribution in [1.29, 1.82) is 0 Å². The second kappa shape index (κ2) is 5.89. The molecule has 0 bridgehead atoms. The van der Waals surface area contributed by atoms with E-state index in [4.69, 9.17) is 0 Å². The van der Waals surface area contributed by atoms with Gasteiger partial charge < -0.3 is 5.32 Å². The minimum Gasteiger partial charge on any atom is -0.309 e. The number of halogens is 3. The lowest BCUT2D eigenvalue weighted by Crippen LogP contribution is -2.22. The fourth-order valence-electron chi connectivity index (χ4n) is 1.93. The molecule has 0 spiro atoms. The highest BCUT2D eigenvalue weighted by atomic mass is 19.4. The van der Waals surface area contributed by atoms with Crippen molar-refractivity contribution in [3.8, 4) is 5.69 Å². The standard InChI is InChI=1S/C15H18F3N3/c1-10(2)19-9-13-6-7-21(20-13)14-8-12(15(16,17)18)5-4-11(14)3/h4-8,10,19H,9H2,1-3H3. The van der Waals surface area contributed by atoms with Crippen molar-refractivity contribution in [2.75, 3.05) is 0 Å². The molecule has 1 aromatic carbocycles. The Balaban J connectivity index is 2.29. The Morgan fingerprint density at radius 1 is 1.24 bits per heavy atom. The van der Waals surface area contributed by atoms with Crippen LogP contribution in [0.1, 0.15) is 30.7 Å². The first-order valence-corrected chi connectivity index (χ1v) is 6.73. The van der Waals surface area contributed by atoms with Crippen LogP contribution in [-0.2, 0) is 12.7 Å². The third-order valence-electron chi connectivity index (χ3n) is 3.12. The molecule has 0 aliphatic heterocycles. The molecule has 1 N–H and O–H groups in total. The third-order valence-corrected chi connectivity index (χ3v) is 3.12. The van der Waals surface area contributed by atoms with Gasteiger partial charge in [-0.25, -0.2) is 4.68 Å². The summed E-state index contributed by atoms with van der Waals surface area (Å²) < 4.78 is 39.9. The third kappa shape index (κ3) is 3.85. The van der Waals surface area contributed by atoms with Crippen LogP contribution in [-0.4, -0.2) is 15.8 Å². The maximum absolute atomic E-state index is 12.8. The molecule has 0 radical (unpaired) electrons. The minimum absolute atomic E-state index is 0.324. The SMILES string of the molecule is Cc1ccc(C(F)(F)F)cc1-n1ccc(CNC(C)C)n1. The van der Waals surface area contributed by atoms with E-state index in [2.05, 4.69) is 10.4 Å². The molecule has 0 aliphatic rings. The number of nitrogens with one attached hydrogen (secondary N) is 1. The number of nitrogens with zero attached hydrogens (tertiary/aromatic N) is 2. The second-order valence-electron chi connectivity index (χ2n) is 5.29. The number of benzene rings is 1. The molecule has 0 unspecified atom stereocenters. The van der Waals surface area contributed by atoms with Crippen molar-refractivity contribution in [2.24, 2.45) is 0 Å². The van der Waals surface area contributed by atoms with Gasteiger partial charge in [-0.15, -0.1) is 0 Å². The molecule has 0 fully saturated rings. The first-order chi connectivity index (χ1) is 9.77. The summed E-state index contributed by atoms with van der Waals surface area (Å²) in [7, 11) is 0. The lowest BCUT2D eigenvalue weighted by molar-refractivity contribution is -0.137. The lowest BCUT2D eigenvalue weighted by Gasteiger charge is -2.11. The van der Waals surface area contributed by atoms with Crippen molar-refractivity contribution in [3.05, 3.63) is 47.3 Å². The molecular formula is C15H18F3N3. The summed E-state index contributed by atoms with van der Waals surface area (Å²) >= 11 is 0. The Hall–Kier alpha value is -1.82. The van der Waals surface area contributed by atoms with E-state index >= 15 is 0 Å². The van der Waals surface area contributed by atoms with Crippen molar-refractivity contribution >= 4 is 0 Å². The first-order valence-electron chi connectivity index (χ1n) is 6.73. The van der Waals surface area contributed by atoms with Crippen LogP contribution in [0.4, 0.5) is 13.2 Å². The smallest absolute Gasteiger partial charge is 0.309 e. The van der Waals surface area contributed by atoms with Gasteiger partial charge in [0.25, 0.3) is 0 Å². The van der Waals surface area contributed by atoms with Gasteiger partial charge in [-0.05, 0) is 30.7 Å². The molecule has 21 heavy (non-hydrogen) atoms. The Morgan fingerprint density at radius 2 is 1.95 bits per heavy atom. The van der Waals surface area contributed by atoms with Crippen molar-refractivity contribution in [3.63, 3.8) is 0 Å². The van der Waals surface area contributed by atoms with Crippen LogP contribution >= 0.6 is 0 Å². The van der Waals surface area contributed by atoms with Gasteiger partial charge in [0.1, 0.15) is 0 Å². The normalized spacial score (nSPS) is 12.1. The van der Waals surface area contributed by atoms with Crippen LogP contribution < -0.4 is 5.32 Å². The minimum atomic E-state index is -4.35. The molecule has 1 aromatic heterocycles. The van der Waals surface area contributed by atoms with E-state index in [0.717, 1.165) is 23.4 Å². The zero-order valence-electron chi connectivity index (χ0n) is 12.2. The molecule has 0 amide bonds. The van der Waals surface area contributed by atoms with E-state index in [1.165, 1.54) is 10.7 Å². The predicted octanol–water partition coefficient (Wildman–Crippen LogP) is 3.70. The average Bonchev–Trinajstić information content (AvgIpc) is 2.84. The summed E-state index contributed by atoms with van der Waals surface area (Å²) in [5, 5.41) is 7.54. The molecule has 114 valence electrons. The molecule has 2 aromatic rings. The Kier molecular flexibility index (Phi) is 4.37. The second-order valence-corrected chi connectivity index (χ2v) is 5.29. The van der Waals surface area contributed by atoms with Gasteiger partial charge in [-0.2, -0.15) is 18.3 Å². The summed E-state index contributed by atoms with van der Waals surface area (Å²) in [6.07, 6.45) is -2.67. The highest BCUT2D eigenvalue weighted by Gasteiger charge is 2.31. The monoisotopic (exact) mass is 297 g/mol. The quantitative estimate of drug-likeness (QED) is 0.932. The van der Waals surface area contributed by atoms with Gasteiger partial charge in [0.15, 0.2) is 0 Å². The highest BCUT2D eigenvalue weighted by Crippen LogP contribution is 2.31. The van der Waals surface area contributed by atoms with Crippen LogP contribution in [0.2, 0.25) is 0 Å². The number of aromatic nitrogens is 2. The Morgan fingerprint density at radius 3 is 2.57 bits per heavy atom. The summed E-state index contributed by atoms with van der Waals surface area (Å²) in [5.41, 5.74) is 1.32. The van der Waals surface area contributed by atoms with E-state index in [1.54, 1.807) is 19.2 Å². The molecule has 0 saturated carbocycles. The number of aryl methyl sites for hydroxylation is 1. The van der Waals surface area contributed by atoms with E-state index in [0.29, 0.717) is 18.3 Å². The summed E-state index contributed by atoms with van der Waals surface area (Å²) in [6.45, 7) is 6.40. The molecule has 6 heteroatoms. The molecule has 1 heterocycles. The van der Waals surface area contributed by atoms with Gasteiger partial charge in [0.2, 0.25) is 0 Å². The summed E-state index contributed by atoms with van der Waals surface area (Å²) in [6, 6.07) is 5.80. The Bertz CT molecular complexity index is 615. The van der Waals surface area contributed by atoms with Crippen LogP contribution in [0, 0.1) is 6.92 Å². The van der Waals surface area contributed by atoms with Gasteiger partial charge >= 0.3 is 6.18 Å². The highest BCUT2D eigenvalue weighted by molar-refractivity contribution is 5.43. The molecule has 0 atom stereocenters. The van der Waals surface area contributed by atoms with Crippen LogP contribution in [0.25, 0.3) is 5.69 Å². The molecule has 2 rings (SSSR count).